The van der Waals surface area contributed by atoms with E-state index in [0.29, 0.717) is 68.0 Å². The number of carbonyl (C=O) groups excluding carboxylic acids is 1. The van der Waals surface area contributed by atoms with Crippen LogP contribution in [-0.4, -0.2) is 64.2 Å². The number of carbonyl (C=O) groups is 1. The van der Waals surface area contributed by atoms with Crippen LogP contribution in [0.2, 0.25) is 5.02 Å². The molecule has 5 rings (SSSR count). The molecular weight excluding hydrogens is 637 g/mol. The number of hydrogen-bond donors (Lipinski definition) is 2. The van der Waals surface area contributed by atoms with Crippen molar-refractivity contribution >= 4 is 43.1 Å². The highest BCUT2D eigenvalue weighted by Crippen LogP contribution is 2.37. The van der Waals surface area contributed by atoms with E-state index in [-0.39, 0.29) is 46.6 Å². The molecule has 2 heterocycles. The summed E-state index contributed by atoms with van der Waals surface area (Å²) >= 11 is 6.10. The number of hydrogen-bond acceptors (Lipinski definition) is 6. The maximum absolute atomic E-state index is 15.1. The van der Waals surface area contributed by atoms with Crippen molar-refractivity contribution in [1.29, 1.82) is 0 Å². The van der Waals surface area contributed by atoms with E-state index in [1.165, 1.54) is 10.4 Å². The quantitative estimate of drug-likeness (QED) is 0.282. The molecule has 1 amide bonds. The maximum atomic E-state index is 15.1. The van der Waals surface area contributed by atoms with Gasteiger partial charge in [-0.2, -0.15) is 4.31 Å². The third-order valence-electron chi connectivity index (χ3n) is 8.87. The van der Waals surface area contributed by atoms with Gasteiger partial charge < -0.3 is 10.6 Å². The summed E-state index contributed by atoms with van der Waals surface area (Å²) in [5.74, 6) is -0.740. The molecule has 8 nitrogen and oxygen atoms in total. The van der Waals surface area contributed by atoms with Crippen LogP contribution in [0.4, 0.5) is 10.1 Å². The van der Waals surface area contributed by atoms with Gasteiger partial charge in [0.15, 0.2) is 0 Å². The molecule has 0 spiro atoms. The molecule has 2 atom stereocenters. The second-order valence-corrected chi connectivity index (χ2v) is 16.5. The predicted octanol–water partition coefficient (Wildman–Crippen LogP) is 5.40. The van der Waals surface area contributed by atoms with Gasteiger partial charge in [0.1, 0.15) is 15.7 Å². The smallest absolute Gasteiger partial charge is 0.243 e. The molecule has 2 saturated heterocycles. The van der Waals surface area contributed by atoms with Crippen molar-refractivity contribution in [1.82, 2.24) is 9.62 Å². The lowest BCUT2D eigenvalue weighted by Gasteiger charge is -2.35. The Hall–Kier alpha value is -2.83. The number of sulfonamides is 1. The Morgan fingerprint density at radius 2 is 1.73 bits per heavy atom. The van der Waals surface area contributed by atoms with Gasteiger partial charge in [-0.15, -0.1) is 0 Å². The van der Waals surface area contributed by atoms with Crippen molar-refractivity contribution < 1.29 is 26.0 Å². The van der Waals surface area contributed by atoms with Crippen LogP contribution < -0.4 is 10.6 Å². The molecule has 0 aromatic heterocycles. The monoisotopic (exact) mass is 675 g/mol. The topological polar surface area (TPSA) is 113 Å². The molecular formula is C33H39ClFN3O5S2. The first kappa shape index (κ1) is 33.5. The summed E-state index contributed by atoms with van der Waals surface area (Å²) in [5, 5.41) is 6.77. The molecule has 12 heteroatoms. The number of amides is 1. The van der Waals surface area contributed by atoms with Gasteiger partial charge >= 0.3 is 0 Å². The lowest BCUT2D eigenvalue weighted by Crippen LogP contribution is -2.53. The first-order valence-corrected chi connectivity index (χ1v) is 19.0. The molecule has 3 aromatic rings. The first-order valence-electron chi connectivity index (χ1n) is 15.3. The Kier molecular flexibility index (Phi) is 11.0. The maximum Gasteiger partial charge on any atom is 0.243 e. The van der Waals surface area contributed by atoms with Crippen molar-refractivity contribution in [3.63, 3.8) is 0 Å². The van der Waals surface area contributed by atoms with Crippen molar-refractivity contribution in [2.45, 2.75) is 55.4 Å². The average molecular weight is 676 g/mol. The van der Waals surface area contributed by atoms with Gasteiger partial charge in [-0.1, -0.05) is 48.0 Å². The van der Waals surface area contributed by atoms with E-state index in [0.717, 1.165) is 5.56 Å². The van der Waals surface area contributed by atoms with Gasteiger partial charge in [0, 0.05) is 48.4 Å². The number of benzene rings is 3. The summed E-state index contributed by atoms with van der Waals surface area (Å²) in [7, 11) is -6.74. The minimum Gasteiger partial charge on any atom is -0.326 e. The normalized spacial score (nSPS) is 20.0. The van der Waals surface area contributed by atoms with Crippen LogP contribution >= 0.6 is 11.6 Å². The molecule has 0 bridgehead atoms. The number of halogens is 2. The van der Waals surface area contributed by atoms with Crippen LogP contribution in [0.25, 0.3) is 0 Å². The molecule has 45 heavy (non-hydrogen) atoms. The van der Waals surface area contributed by atoms with Crippen molar-refractivity contribution in [3.05, 3.63) is 94.8 Å². The van der Waals surface area contributed by atoms with E-state index < -0.39 is 25.7 Å². The van der Waals surface area contributed by atoms with E-state index in [9.17, 15) is 21.6 Å². The Morgan fingerprint density at radius 3 is 2.44 bits per heavy atom. The van der Waals surface area contributed by atoms with Crippen molar-refractivity contribution in [2.24, 2.45) is 5.92 Å². The zero-order chi connectivity index (χ0) is 32.0. The summed E-state index contributed by atoms with van der Waals surface area (Å²) in [5.41, 5.74) is 1.67. The molecule has 0 saturated carbocycles. The van der Waals surface area contributed by atoms with E-state index >= 15 is 4.39 Å². The fourth-order valence-corrected chi connectivity index (χ4v) is 9.79. The molecule has 0 unspecified atom stereocenters. The molecule has 242 valence electrons. The van der Waals surface area contributed by atoms with Crippen molar-refractivity contribution in [2.75, 3.05) is 36.5 Å². The Bertz CT molecular complexity index is 1670. The standard InChI is InChI=1S/C33H39ClFN3O5S2/c34-26-14-12-24(13-15-26)30(25-16-20-44(40,41)21-17-25)22-33(39)37-32-11-5-10-31(35)29(32)9-4-6-27-23-36-18-19-38(27)45(42,43)28-7-2-1-3-8-28/h1-3,5,7-8,10-15,25,27,30,36H,4,6,9,16-23H2,(H,37,39)/t27-,30-/m0/s1. The van der Waals surface area contributed by atoms with Gasteiger partial charge in [0.05, 0.1) is 16.4 Å². The summed E-state index contributed by atoms with van der Waals surface area (Å²) in [4.78, 5) is 13.7. The summed E-state index contributed by atoms with van der Waals surface area (Å²) in [6.07, 6.45) is 2.41. The van der Waals surface area contributed by atoms with Crippen LogP contribution in [0.5, 0.6) is 0 Å². The van der Waals surface area contributed by atoms with E-state index in [4.69, 9.17) is 11.6 Å². The van der Waals surface area contributed by atoms with Crippen LogP contribution in [0.1, 0.15) is 49.1 Å². The predicted molar refractivity (Wildman–Crippen MR) is 175 cm³/mol. The molecule has 2 N–H and O–H groups in total. The molecule has 2 aliphatic heterocycles. The fourth-order valence-electron chi connectivity index (χ4n) is 6.46. The lowest BCUT2D eigenvalue weighted by atomic mass is 9.80. The number of sulfone groups is 1. The minimum atomic E-state index is -3.67. The first-order chi connectivity index (χ1) is 21.5. The number of rotatable bonds is 11. The number of anilines is 1. The third kappa shape index (κ3) is 8.51. The van der Waals surface area contributed by atoms with Crippen LogP contribution in [0.15, 0.2) is 77.7 Å². The van der Waals surface area contributed by atoms with Crippen LogP contribution in [-0.2, 0) is 31.1 Å². The Balaban J connectivity index is 1.26. The average Bonchev–Trinajstić information content (AvgIpc) is 3.02. The van der Waals surface area contributed by atoms with Crippen LogP contribution in [0, 0.1) is 11.7 Å². The van der Waals surface area contributed by atoms with Gasteiger partial charge in [-0.3, -0.25) is 4.79 Å². The van der Waals surface area contributed by atoms with E-state index in [1.54, 1.807) is 54.6 Å². The second-order valence-electron chi connectivity index (χ2n) is 11.8. The molecule has 2 fully saturated rings. The SMILES string of the molecule is O=C(C[C@@H](c1ccc(Cl)cc1)C1CCS(=O)(=O)CC1)Nc1cccc(F)c1CCC[C@H]1CNCCN1S(=O)(=O)c1ccccc1. The van der Waals surface area contributed by atoms with Gasteiger partial charge in [0.25, 0.3) is 0 Å². The molecule has 0 radical (unpaired) electrons. The largest absolute Gasteiger partial charge is 0.326 e. The van der Waals surface area contributed by atoms with Crippen LogP contribution in [0.3, 0.4) is 0 Å². The van der Waals surface area contributed by atoms with Gasteiger partial charge in [-0.05, 0) is 85.9 Å². The second kappa shape index (κ2) is 14.7. The lowest BCUT2D eigenvalue weighted by molar-refractivity contribution is -0.116. The zero-order valence-corrected chi connectivity index (χ0v) is 27.4. The number of nitrogens with zero attached hydrogens (tertiary/aromatic N) is 1. The highest BCUT2D eigenvalue weighted by molar-refractivity contribution is 7.91. The molecule has 0 aliphatic carbocycles. The summed E-state index contributed by atoms with van der Waals surface area (Å²) < 4.78 is 67.6. The van der Waals surface area contributed by atoms with E-state index in [1.807, 2.05) is 12.1 Å². The number of piperazine rings is 1. The fraction of sp³-hybridized carbons (Fsp3) is 0.424. The zero-order valence-electron chi connectivity index (χ0n) is 25.0. The van der Waals surface area contributed by atoms with Crippen molar-refractivity contribution in [3.8, 4) is 0 Å². The van der Waals surface area contributed by atoms with E-state index in [2.05, 4.69) is 10.6 Å². The Morgan fingerprint density at radius 1 is 1.02 bits per heavy atom. The molecule has 2 aliphatic rings. The van der Waals surface area contributed by atoms with Gasteiger partial charge in [0.2, 0.25) is 15.9 Å². The highest BCUT2D eigenvalue weighted by atomic mass is 35.5. The minimum absolute atomic E-state index is 0.00615. The number of nitrogens with one attached hydrogen (secondary N) is 2. The van der Waals surface area contributed by atoms with Gasteiger partial charge in [-0.25, -0.2) is 21.2 Å². The highest BCUT2D eigenvalue weighted by Gasteiger charge is 2.34. The Labute approximate surface area is 270 Å². The third-order valence-corrected chi connectivity index (χ3v) is 12.8. The summed E-state index contributed by atoms with van der Waals surface area (Å²) in [6, 6.07) is 19.9. The molecule has 3 aromatic carbocycles. The summed E-state index contributed by atoms with van der Waals surface area (Å²) in [6.45, 7) is 1.41.